The van der Waals surface area contributed by atoms with E-state index in [1.54, 1.807) is 6.20 Å². The lowest BCUT2D eigenvalue weighted by Gasteiger charge is -2.25. The summed E-state index contributed by atoms with van der Waals surface area (Å²) in [7, 11) is 0. The van der Waals surface area contributed by atoms with Gasteiger partial charge in [-0.05, 0) is 37.1 Å². The van der Waals surface area contributed by atoms with Crippen molar-refractivity contribution in [2.75, 3.05) is 11.9 Å². The summed E-state index contributed by atoms with van der Waals surface area (Å²) >= 11 is 0. The van der Waals surface area contributed by atoms with E-state index in [4.69, 9.17) is 5.11 Å². The molecule has 1 atom stereocenters. The van der Waals surface area contributed by atoms with E-state index >= 15 is 0 Å². The molecular weight excluding hydrogens is 282 g/mol. The Hall–Kier alpha value is -2.21. The van der Waals surface area contributed by atoms with Gasteiger partial charge in [0.05, 0.1) is 6.04 Å². The molecule has 3 rings (SSSR count). The zero-order chi connectivity index (χ0) is 15.5. The Morgan fingerprint density at radius 3 is 3.09 bits per heavy atom. The Bertz CT molecular complexity index is 627. The van der Waals surface area contributed by atoms with Crippen molar-refractivity contribution in [1.82, 2.24) is 9.88 Å². The predicted molar refractivity (Wildman–Crippen MR) is 82.2 cm³/mol. The van der Waals surface area contributed by atoms with Crippen LogP contribution in [0.2, 0.25) is 0 Å². The molecule has 6 heteroatoms. The van der Waals surface area contributed by atoms with Gasteiger partial charge >= 0.3 is 5.97 Å². The lowest BCUT2D eigenvalue weighted by Crippen LogP contribution is -2.41. The third-order valence-corrected chi connectivity index (χ3v) is 4.19. The average Bonchev–Trinajstić information content (AvgIpc) is 2.78. The topological polar surface area (TPSA) is 82.5 Å². The predicted octanol–water partition coefficient (Wildman–Crippen LogP) is 1.88. The molecule has 2 aliphatic heterocycles. The molecule has 2 N–H and O–H groups in total. The van der Waals surface area contributed by atoms with E-state index < -0.39 is 5.97 Å². The fourth-order valence-electron chi connectivity index (χ4n) is 3.09. The van der Waals surface area contributed by atoms with Crippen molar-refractivity contribution in [1.29, 1.82) is 0 Å². The van der Waals surface area contributed by atoms with Gasteiger partial charge < -0.3 is 10.4 Å². The smallest absolute Gasteiger partial charge is 0.328 e. The van der Waals surface area contributed by atoms with E-state index in [0.29, 0.717) is 12.4 Å². The fraction of sp³-hybridized carbons (Fsp3) is 0.438. The molecule has 1 fully saturated rings. The van der Waals surface area contributed by atoms with E-state index in [9.17, 15) is 9.59 Å². The molecule has 0 radical (unpaired) electrons. The number of carboxylic acids is 1. The maximum atomic E-state index is 12.4. The van der Waals surface area contributed by atoms with Crippen LogP contribution >= 0.6 is 0 Å². The molecule has 1 aromatic heterocycles. The molecule has 1 saturated heterocycles. The molecule has 1 unspecified atom stereocenters. The van der Waals surface area contributed by atoms with Crippen molar-refractivity contribution in [2.24, 2.45) is 0 Å². The van der Waals surface area contributed by atoms with Crippen LogP contribution in [0.4, 0.5) is 5.82 Å². The first-order chi connectivity index (χ1) is 10.6. The third-order valence-electron chi connectivity index (χ3n) is 4.19. The Balaban J connectivity index is 1.90. The Morgan fingerprint density at radius 1 is 1.41 bits per heavy atom. The zero-order valence-corrected chi connectivity index (χ0v) is 12.3. The second-order valence-electron chi connectivity index (χ2n) is 5.77. The number of nitrogens with one attached hydrogen (secondary N) is 1. The molecule has 3 heterocycles. The van der Waals surface area contributed by atoms with Crippen molar-refractivity contribution in [2.45, 2.75) is 38.3 Å². The van der Waals surface area contributed by atoms with Crippen LogP contribution in [-0.2, 0) is 16.1 Å². The second-order valence-corrected chi connectivity index (χ2v) is 5.77. The van der Waals surface area contributed by atoms with Gasteiger partial charge in [0, 0.05) is 24.4 Å². The fourth-order valence-corrected chi connectivity index (χ4v) is 3.09. The van der Waals surface area contributed by atoms with Gasteiger partial charge in [-0.3, -0.25) is 9.69 Å². The lowest BCUT2D eigenvalue weighted by molar-refractivity contribution is -0.131. The first-order valence-electron chi connectivity index (χ1n) is 7.58. The Labute approximate surface area is 128 Å². The van der Waals surface area contributed by atoms with Gasteiger partial charge in [-0.15, -0.1) is 0 Å². The highest BCUT2D eigenvalue weighted by molar-refractivity contribution is 5.95. The second kappa shape index (κ2) is 6.27. The van der Waals surface area contributed by atoms with Crippen LogP contribution in [0.15, 0.2) is 18.3 Å². The van der Waals surface area contributed by atoms with Crippen LogP contribution in [0, 0.1) is 0 Å². The zero-order valence-electron chi connectivity index (χ0n) is 12.3. The van der Waals surface area contributed by atoms with Gasteiger partial charge in [-0.25, -0.2) is 9.78 Å². The summed E-state index contributed by atoms with van der Waals surface area (Å²) in [5.41, 5.74) is 1.66. The van der Waals surface area contributed by atoms with E-state index in [1.807, 2.05) is 6.07 Å². The number of carboxylic acid groups (broad SMARTS) is 1. The molecule has 2 aliphatic rings. The van der Waals surface area contributed by atoms with Gasteiger partial charge in [-0.1, -0.05) is 12.8 Å². The SMILES string of the molecule is O=C(O)/C=C/c1cnc2c(c1)CN1CCCCCC1C(=O)N2. The van der Waals surface area contributed by atoms with Gasteiger partial charge in [0.1, 0.15) is 5.82 Å². The molecule has 0 spiro atoms. The number of rotatable bonds is 2. The number of hydrogen-bond donors (Lipinski definition) is 2. The summed E-state index contributed by atoms with van der Waals surface area (Å²) in [6.45, 7) is 1.58. The normalized spacial score (nSPS) is 22.4. The van der Waals surface area contributed by atoms with Gasteiger partial charge in [-0.2, -0.15) is 0 Å². The number of aliphatic carboxylic acids is 1. The summed E-state index contributed by atoms with van der Waals surface area (Å²) in [6.07, 6.45) is 8.40. The lowest BCUT2D eigenvalue weighted by atomic mass is 10.1. The van der Waals surface area contributed by atoms with Crippen molar-refractivity contribution in [3.63, 3.8) is 0 Å². The van der Waals surface area contributed by atoms with Crippen LogP contribution in [0.1, 0.15) is 36.8 Å². The highest BCUT2D eigenvalue weighted by Crippen LogP contribution is 2.27. The maximum absolute atomic E-state index is 12.4. The number of carbonyl (C=O) groups is 2. The Kier molecular flexibility index (Phi) is 4.20. The van der Waals surface area contributed by atoms with Crippen LogP contribution in [0.25, 0.3) is 6.08 Å². The molecule has 0 saturated carbocycles. The number of fused-ring (bicyclic) bond motifs is 2. The Morgan fingerprint density at radius 2 is 2.27 bits per heavy atom. The molecule has 22 heavy (non-hydrogen) atoms. The summed E-state index contributed by atoms with van der Waals surface area (Å²) in [5.74, 6) is -0.386. The number of anilines is 1. The maximum Gasteiger partial charge on any atom is 0.328 e. The van der Waals surface area contributed by atoms with Crippen LogP contribution in [-0.4, -0.2) is 39.5 Å². The number of nitrogens with zero attached hydrogens (tertiary/aromatic N) is 2. The van der Waals surface area contributed by atoms with Crippen molar-refractivity contribution in [3.8, 4) is 0 Å². The minimum atomic E-state index is -0.990. The van der Waals surface area contributed by atoms with E-state index in [0.717, 1.165) is 49.4 Å². The highest BCUT2D eigenvalue weighted by atomic mass is 16.4. The van der Waals surface area contributed by atoms with E-state index in [-0.39, 0.29) is 11.9 Å². The molecule has 0 aromatic carbocycles. The average molecular weight is 301 g/mol. The number of hydrogen-bond acceptors (Lipinski definition) is 4. The van der Waals surface area contributed by atoms with E-state index in [1.165, 1.54) is 6.08 Å². The minimum Gasteiger partial charge on any atom is -0.478 e. The molecule has 116 valence electrons. The standard InChI is InChI=1S/C16H19N3O3/c20-14(21)6-5-11-8-12-10-19-7-3-1-2-4-13(19)16(22)18-15(12)17-9-11/h5-6,8-9,13H,1-4,7,10H2,(H,20,21)(H,17,18,22)/b6-5+. The van der Waals surface area contributed by atoms with Crippen molar-refractivity contribution < 1.29 is 14.7 Å². The molecule has 6 nitrogen and oxygen atoms in total. The quantitative estimate of drug-likeness (QED) is 0.815. The van der Waals surface area contributed by atoms with Crippen LogP contribution in [0.3, 0.4) is 0 Å². The van der Waals surface area contributed by atoms with Crippen molar-refractivity contribution >= 4 is 23.8 Å². The largest absolute Gasteiger partial charge is 0.478 e. The summed E-state index contributed by atoms with van der Waals surface area (Å²) < 4.78 is 0. The van der Waals surface area contributed by atoms with Crippen molar-refractivity contribution in [3.05, 3.63) is 29.5 Å². The first-order valence-corrected chi connectivity index (χ1v) is 7.58. The van der Waals surface area contributed by atoms with Gasteiger partial charge in [0.15, 0.2) is 0 Å². The van der Waals surface area contributed by atoms with E-state index in [2.05, 4.69) is 15.2 Å². The summed E-state index contributed by atoms with van der Waals surface area (Å²) in [5, 5.41) is 11.6. The van der Waals surface area contributed by atoms with Crippen LogP contribution < -0.4 is 5.32 Å². The highest BCUT2D eigenvalue weighted by Gasteiger charge is 2.31. The number of carbonyl (C=O) groups excluding carboxylic acids is 1. The summed E-state index contributed by atoms with van der Waals surface area (Å²) in [6, 6.07) is 1.81. The molecule has 0 bridgehead atoms. The number of amides is 1. The van der Waals surface area contributed by atoms with Gasteiger partial charge in [0.25, 0.3) is 0 Å². The first kappa shape index (κ1) is 14.7. The third kappa shape index (κ3) is 3.17. The number of aromatic nitrogens is 1. The molecule has 0 aliphatic carbocycles. The molecule has 1 amide bonds. The van der Waals surface area contributed by atoms with Gasteiger partial charge in [0.2, 0.25) is 5.91 Å². The molecular formula is C16H19N3O3. The number of pyridine rings is 1. The van der Waals surface area contributed by atoms with Crippen LogP contribution in [0.5, 0.6) is 0 Å². The summed E-state index contributed by atoms with van der Waals surface area (Å²) in [4.78, 5) is 29.5. The molecule has 1 aromatic rings. The monoisotopic (exact) mass is 301 g/mol. The minimum absolute atomic E-state index is 0.0157.